The second-order valence-corrected chi connectivity index (χ2v) is 4.32. The Bertz CT molecular complexity index is 582. The molecule has 0 unspecified atom stereocenters. The molecule has 0 heterocycles. The monoisotopic (exact) mass is 276 g/mol. The maximum Gasteiger partial charge on any atom is 0.169 e. The Kier molecular flexibility index (Phi) is 4.58. The highest BCUT2D eigenvalue weighted by Crippen LogP contribution is 2.36. The molecule has 0 fully saturated rings. The molecule has 1 N–H and O–H groups in total. The molecule has 2 aromatic carbocycles. The van der Waals surface area contributed by atoms with Crippen molar-refractivity contribution in [1.29, 1.82) is 0 Å². The fourth-order valence-corrected chi connectivity index (χ4v) is 1.88. The molecule has 1 atom stereocenters. The predicted octanol–water partition coefficient (Wildman–Crippen LogP) is 4.07. The van der Waals surface area contributed by atoms with E-state index in [4.69, 9.17) is 9.47 Å². The van der Waals surface area contributed by atoms with Gasteiger partial charge in [0.25, 0.3) is 0 Å². The zero-order valence-electron chi connectivity index (χ0n) is 11.5. The van der Waals surface area contributed by atoms with Gasteiger partial charge in [-0.1, -0.05) is 24.3 Å². The minimum Gasteiger partial charge on any atom is -0.490 e. The highest BCUT2D eigenvalue weighted by molar-refractivity contribution is 5.45. The standard InChI is InChI=1S/C16H17FO3/c1-3-19-14-9-4-5-10-15(14)20-16-12(11(2)18)7-6-8-13(16)17/h4-11,18H,3H2,1-2H3/t11-/m1/s1. The molecule has 0 aliphatic rings. The summed E-state index contributed by atoms with van der Waals surface area (Å²) >= 11 is 0. The Morgan fingerprint density at radius 2 is 1.80 bits per heavy atom. The summed E-state index contributed by atoms with van der Waals surface area (Å²) in [7, 11) is 0. The third-order valence-electron chi connectivity index (χ3n) is 2.81. The molecule has 0 amide bonds. The molecule has 2 aromatic rings. The average Bonchev–Trinajstić information content (AvgIpc) is 2.43. The maximum atomic E-state index is 13.9. The zero-order chi connectivity index (χ0) is 14.5. The summed E-state index contributed by atoms with van der Waals surface area (Å²) in [6.45, 7) is 3.91. The molecule has 0 radical (unpaired) electrons. The van der Waals surface area contributed by atoms with E-state index in [1.165, 1.54) is 6.07 Å². The van der Waals surface area contributed by atoms with Gasteiger partial charge in [0.05, 0.1) is 12.7 Å². The van der Waals surface area contributed by atoms with Crippen molar-refractivity contribution in [2.45, 2.75) is 20.0 Å². The van der Waals surface area contributed by atoms with E-state index in [0.717, 1.165) is 0 Å². The number of benzene rings is 2. The van der Waals surface area contributed by atoms with Crippen LogP contribution in [0.15, 0.2) is 42.5 Å². The van der Waals surface area contributed by atoms with Gasteiger partial charge in [-0.2, -0.15) is 0 Å². The molecule has 0 aliphatic heterocycles. The predicted molar refractivity (Wildman–Crippen MR) is 74.7 cm³/mol. The maximum absolute atomic E-state index is 13.9. The van der Waals surface area contributed by atoms with Gasteiger partial charge in [-0.15, -0.1) is 0 Å². The quantitative estimate of drug-likeness (QED) is 0.894. The van der Waals surface area contributed by atoms with Crippen molar-refractivity contribution in [2.24, 2.45) is 0 Å². The molecule has 0 aliphatic carbocycles. The first kappa shape index (κ1) is 14.3. The molecule has 0 spiro atoms. The first-order chi connectivity index (χ1) is 9.63. The van der Waals surface area contributed by atoms with E-state index >= 15 is 0 Å². The van der Waals surface area contributed by atoms with Gasteiger partial charge >= 0.3 is 0 Å². The van der Waals surface area contributed by atoms with Crippen LogP contribution in [0.1, 0.15) is 25.5 Å². The Balaban J connectivity index is 2.40. The van der Waals surface area contributed by atoms with Gasteiger partial charge in [0.2, 0.25) is 0 Å². The minimum atomic E-state index is -0.819. The van der Waals surface area contributed by atoms with Gasteiger partial charge in [0.1, 0.15) is 0 Å². The van der Waals surface area contributed by atoms with Crippen LogP contribution in [0.25, 0.3) is 0 Å². The largest absolute Gasteiger partial charge is 0.490 e. The van der Waals surface area contributed by atoms with E-state index in [2.05, 4.69) is 0 Å². The van der Waals surface area contributed by atoms with E-state index in [1.54, 1.807) is 37.3 Å². The van der Waals surface area contributed by atoms with Crippen molar-refractivity contribution < 1.29 is 19.0 Å². The van der Waals surface area contributed by atoms with Gasteiger partial charge < -0.3 is 14.6 Å². The topological polar surface area (TPSA) is 38.7 Å². The zero-order valence-corrected chi connectivity index (χ0v) is 11.5. The summed E-state index contributed by atoms with van der Waals surface area (Å²) in [6, 6.07) is 11.5. The molecular formula is C16H17FO3. The summed E-state index contributed by atoms with van der Waals surface area (Å²) < 4.78 is 25.0. The summed E-state index contributed by atoms with van der Waals surface area (Å²) in [5.74, 6) is 0.459. The van der Waals surface area contributed by atoms with Crippen molar-refractivity contribution in [2.75, 3.05) is 6.61 Å². The molecule has 0 saturated carbocycles. The lowest BCUT2D eigenvalue weighted by atomic mass is 10.1. The summed E-state index contributed by atoms with van der Waals surface area (Å²) in [4.78, 5) is 0. The lowest BCUT2D eigenvalue weighted by molar-refractivity contribution is 0.194. The molecule has 0 aromatic heterocycles. The molecule has 3 nitrogen and oxygen atoms in total. The van der Waals surface area contributed by atoms with Crippen LogP contribution in [0.3, 0.4) is 0 Å². The summed E-state index contributed by atoms with van der Waals surface area (Å²) in [5, 5.41) is 9.70. The highest BCUT2D eigenvalue weighted by Gasteiger charge is 2.16. The van der Waals surface area contributed by atoms with Gasteiger partial charge in [0, 0.05) is 5.56 Å². The van der Waals surface area contributed by atoms with Crippen molar-refractivity contribution >= 4 is 0 Å². The van der Waals surface area contributed by atoms with Crippen molar-refractivity contribution in [3.05, 3.63) is 53.8 Å². The minimum absolute atomic E-state index is 0.0228. The van der Waals surface area contributed by atoms with E-state index in [-0.39, 0.29) is 5.75 Å². The first-order valence-corrected chi connectivity index (χ1v) is 6.49. The van der Waals surface area contributed by atoms with Gasteiger partial charge in [-0.25, -0.2) is 4.39 Å². The number of aliphatic hydroxyl groups is 1. The van der Waals surface area contributed by atoms with Gasteiger partial charge in [-0.05, 0) is 32.0 Å². The third kappa shape index (κ3) is 3.08. The van der Waals surface area contributed by atoms with Crippen molar-refractivity contribution in [1.82, 2.24) is 0 Å². The van der Waals surface area contributed by atoms with E-state index < -0.39 is 11.9 Å². The number of halogens is 1. The molecular weight excluding hydrogens is 259 g/mol. The molecule has 106 valence electrons. The summed E-state index contributed by atoms with van der Waals surface area (Å²) in [6.07, 6.45) is -0.819. The van der Waals surface area contributed by atoms with Crippen LogP contribution in [0.4, 0.5) is 4.39 Å². The molecule has 0 saturated heterocycles. The van der Waals surface area contributed by atoms with Crippen LogP contribution in [-0.4, -0.2) is 11.7 Å². The SMILES string of the molecule is CCOc1ccccc1Oc1c(F)cccc1[C@@H](C)O. The van der Waals surface area contributed by atoms with E-state index in [1.807, 2.05) is 13.0 Å². The van der Waals surface area contributed by atoms with Crippen LogP contribution in [0.2, 0.25) is 0 Å². The average molecular weight is 276 g/mol. The number of aliphatic hydroxyl groups excluding tert-OH is 1. The second-order valence-electron chi connectivity index (χ2n) is 4.32. The number of hydrogen-bond acceptors (Lipinski definition) is 3. The normalized spacial score (nSPS) is 12.0. The Labute approximate surface area is 117 Å². The Morgan fingerprint density at radius 3 is 2.45 bits per heavy atom. The molecule has 2 rings (SSSR count). The molecule has 20 heavy (non-hydrogen) atoms. The lowest BCUT2D eigenvalue weighted by Gasteiger charge is -2.16. The number of para-hydroxylation sites is 3. The van der Waals surface area contributed by atoms with Crippen molar-refractivity contribution in [3.8, 4) is 17.2 Å². The number of ether oxygens (including phenoxy) is 2. The second kappa shape index (κ2) is 6.39. The molecule has 4 heteroatoms. The first-order valence-electron chi connectivity index (χ1n) is 6.49. The van der Waals surface area contributed by atoms with Crippen LogP contribution in [0, 0.1) is 5.82 Å². The van der Waals surface area contributed by atoms with Gasteiger partial charge in [-0.3, -0.25) is 0 Å². The van der Waals surface area contributed by atoms with E-state index in [0.29, 0.717) is 23.7 Å². The number of hydrogen-bond donors (Lipinski definition) is 1. The lowest BCUT2D eigenvalue weighted by Crippen LogP contribution is -2.00. The Morgan fingerprint density at radius 1 is 1.10 bits per heavy atom. The van der Waals surface area contributed by atoms with Crippen LogP contribution in [0.5, 0.6) is 17.2 Å². The van der Waals surface area contributed by atoms with E-state index in [9.17, 15) is 9.50 Å². The van der Waals surface area contributed by atoms with Gasteiger partial charge in [0.15, 0.2) is 23.1 Å². The van der Waals surface area contributed by atoms with Crippen molar-refractivity contribution in [3.63, 3.8) is 0 Å². The Hall–Kier alpha value is -2.07. The fraction of sp³-hybridized carbons (Fsp3) is 0.250. The van der Waals surface area contributed by atoms with Crippen LogP contribution in [-0.2, 0) is 0 Å². The fourth-order valence-electron chi connectivity index (χ4n) is 1.88. The smallest absolute Gasteiger partial charge is 0.169 e. The third-order valence-corrected chi connectivity index (χ3v) is 2.81. The van der Waals surface area contributed by atoms with Crippen LogP contribution >= 0.6 is 0 Å². The molecule has 0 bridgehead atoms. The van der Waals surface area contributed by atoms with Crippen LogP contribution < -0.4 is 9.47 Å². The highest BCUT2D eigenvalue weighted by atomic mass is 19.1. The number of rotatable bonds is 5. The summed E-state index contributed by atoms with van der Waals surface area (Å²) in [5.41, 5.74) is 0.399.